The van der Waals surface area contributed by atoms with Crippen LogP contribution in [0.15, 0.2) is 48.5 Å². The molecule has 1 amide bonds. The van der Waals surface area contributed by atoms with E-state index in [1.807, 2.05) is 38.1 Å². The van der Waals surface area contributed by atoms with Gasteiger partial charge < -0.3 is 10.6 Å². The molecule has 0 spiro atoms. The molecule has 0 bridgehead atoms. The zero-order valence-electron chi connectivity index (χ0n) is 13.1. The summed E-state index contributed by atoms with van der Waals surface area (Å²) in [5.41, 5.74) is 2.23. The lowest BCUT2D eigenvalue weighted by Crippen LogP contribution is -2.17. The zero-order chi connectivity index (χ0) is 16.8. The van der Waals surface area contributed by atoms with Crippen LogP contribution in [0.5, 0.6) is 0 Å². The molecule has 0 aliphatic rings. The molecule has 0 radical (unpaired) electrons. The van der Waals surface area contributed by atoms with Gasteiger partial charge in [-0.3, -0.25) is 14.9 Å². The molecule has 2 aromatic rings. The first-order valence-electron chi connectivity index (χ1n) is 7.34. The fourth-order valence-electron chi connectivity index (χ4n) is 1.97. The van der Waals surface area contributed by atoms with Crippen molar-refractivity contribution in [1.82, 2.24) is 0 Å². The van der Waals surface area contributed by atoms with E-state index >= 15 is 0 Å². The smallest absolute Gasteiger partial charge is 0.292 e. The second-order valence-electron chi connectivity index (χ2n) is 5.47. The molecular weight excluding hydrogens is 294 g/mol. The van der Waals surface area contributed by atoms with E-state index in [-0.39, 0.29) is 17.5 Å². The van der Waals surface area contributed by atoms with Crippen molar-refractivity contribution in [3.8, 4) is 0 Å². The highest BCUT2D eigenvalue weighted by Crippen LogP contribution is 2.23. The summed E-state index contributed by atoms with van der Waals surface area (Å²) in [6, 6.07) is 13.9. The largest absolute Gasteiger partial charge is 0.375 e. The molecule has 2 aromatic carbocycles. The van der Waals surface area contributed by atoms with Crippen molar-refractivity contribution in [2.45, 2.75) is 20.4 Å². The van der Waals surface area contributed by atoms with Gasteiger partial charge in [0.2, 0.25) is 5.91 Å². The van der Waals surface area contributed by atoms with Gasteiger partial charge in [0.1, 0.15) is 5.69 Å². The van der Waals surface area contributed by atoms with E-state index in [1.165, 1.54) is 6.07 Å². The summed E-state index contributed by atoms with van der Waals surface area (Å²) in [4.78, 5) is 22.2. The normalized spacial score (nSPS) is 10.4. The van der Waals surface area contributed by atoms with E-state index in [0.717, 1.165) is 11.3 Å². The van der Waals surface area contributed by atoms with Gasteiger partial charge in [-0.15, -0.1) is 0 Å². The molecule has 0 saturated heterocycles. The molecule has 0 saturated carbocycles. The van der Waals surface area contributed by atoms with Gasteiger partial charge in [0, 0.05) is 24.2 Å². The Balaban J connectivity index is 1.99. The molecule has 0 aliphatic heterocycles. The lowest BCUT2D eigenvalue weighted by atomic mass is 10.1. The fourth-order valence-corrected chi connectivity index (χ4v) is 1.97. The topological polar surface area (TPSA) is 84.3 Å². The van der Waals surface area contributed by atoms with Crippen LogP contribution in [0.25, 0.3) is 0 Å². The summed E-state index contributed by atoms with van der Waals surface area (Å²) < 4.78 is 0. The summed E-state index contributed by atoms with van der Waals surface area (Å²) in [6.07, 6.45) is 0. The Hall–Kier alpha value is -2.89. The molecule has 23 heavy (non-hydrogen) atoms. The third-order valence-electron chi connectivity index (χ3n) is 3.33. The van der Waals surface area contributed by atoms with Crippen molar-refractivity contribution in [2.24, 2.45) is 5.92 Å². The second kappa shape index (κ2) is 7.40. The molecule has 0 aliphatic carbocycles. The van der Waals surface area contributed by atoms with Gasteiger partial charge in [-0.05, 0) is 23.8 Å². The summed E-state index contributed by atoms with van der Waals surface area (Å²) in [5, 5.41) is 16.8. The number of benzene rings is 2. The van der Waals surface area contributed by atoms with Crippen molar-refractivity contribution in [3.63, 3.8) is 0 Å². The molecule has 0 aromatic heterocycles. The van der Waals surface area contributed by atoms with E-state index in [0.29, 0.717) is 12.2 Å². The first-order chi connectivity index (χ1) is 11.0. The molecule has 120 valence electrons. The van der Waals surface area contributed by atoms with Crippen LogP contribution >= 0.6 is 0 Å². The SMILES string of the molecule is CC(C)C(=O)Nc1ccc(CNc2ccccc2[N+](=O)[O-])cc1. The van der Waals surface area contributed by atoms with E-state index in [1.54, 1.807) is 18.2 Å². The Kier molecular flexibility index (Phi) is 5.30. The third kappa shape index (κ3) is 4.54. The third-order valence-corrected chi connectivity index (χ3v) is 3.33. The number of nitrogens with one attached hydrogen (secondary N) is 2. The van der Waals surface area contributed by atoms with Crippen LogP contribution < -0.4 is 10.6 Å². The number of hydrogen-bond donors (Lipinski definition) is 2. The average molecular weight is 313 g/mol. The molecule has 0 heterocycles. The van der Waals surface area contributed by atoms with Crippen molar-refractivity contribution in [2.75, 3.05) is 10.6 Å². The highest BCUT2D eigenvalue weighted by molar-refractivity contribution is 5.92. The number of anilines is 2. The lowest BCUT2D eigenvalue weighted by molar-refractivity contribution is -0.384. The highest BCUT2D eigenvalue weighted by atomic mass is 16.6. The van der Waals surface area contributed by atoms with E-state index < -0.39 is 4.92 Å². The van der Waals surface area contributed by atoms with Crippen molar-refractivity contribution >= 4 is 23.0 Å². The zero-order valence-corrected chi connectivity index (χ0v) is 13.1. The Labute approximate surface area is 134 Å². The van der Waals surface area contributed by atoms with Crippen LogP contribution in [-0.2, 0) is 11.3 Å². The summed E-state index contributed by atoms with van der Waals surface area (Å²) in [7, 11) is 0. The first-order valence-corrected chi connectivity index (χ1v) is 7.34. The Morgan fingerprint density at radius 2 is 1.78 bits per heavy atom. The van der Waals surface area contributed by atoms with Gasteiger partial charge in [0.15, 0.2) is 0 Å². The number of nitrogens with zero attached hydrogens (tertiary/aromatic N) is 1. The summed E-state index contributed by atoms with van der Waals surface area (Å²) in [6.45, 7) is 4.13. The molecule has 6 heteroatoms. The predicted octanol–water partition coefficient (Wildman–Crippen LogP) is 3.80. The number of hydrogen-bond acceptors (Lipinski definition) is 4. The molecule has 0 atom stereocenters. The number of para-hydroxylation sites is 2. The van der Waals surface area contributed by atoms with Crippen molar-refractivity contribution < 1.29 is 9.72 Å². The first kappa shape index (κ1) is 16.5. The van der Waals surface area contributed by atoms with E-state index in [9.17, 15) is 14.9 Å². The summed E-state index contributed by atoms with van der Waals surface area (Å²) in [5.74, 6) is -0.106. The minimum atomic E-state index is -0.410. The molecule has 2 N–H and O–H groups in total. The molecule has 0 unspecified atom stereocenters. The number of rotatable bonds is 6. The van der Waals surface area contributed by atoms with Gasteiger partial charge >= 0.3 is 0 Å². The van der Waals surface area contributed by atoms with Gasteiger partial charge in [-0.25, -0.2) is 0 Å². The van der Waals surface area contributed by atoms with Gasteiger partial charge in [-0.2, -0.15) is 0 Å². The lowest BCUT2D eigenvalue weighted by Gasteiger charge is -2.10. The van der Waals surface area contributed by atoms with Crippen LogP contribution in [0.4, 0.5) is 17.1 Å². The average Bonchev–Trinajstić information content (AvgIpc) is 2.54. The minimum absolute atomic E-state index is 0.0317. The van der Waals surface area contributed by atoms with Gasteiger partial charge in [0.05, 0.1) is 4.92 Å². The molecule has 2 rings (SSSR count). The Bertz CT molecular complexity index is 696. The fraction of sp³-hybridized carbons (Fsp3) is 0.235. The van der Waals surface area contributed by atoms with Gasteiger partial charge in [0.25, 0.3) is 5.69 Å². The maximum Gasteiger partial charge on any atom is 0.292 e. The summed E-state index contributed by atoms with van der Waals surface area (Å²) >= 11 is 0. The van der Waals surface area contributed by atoms with Crippen molar-refractivity contribution in [3.05, 3.63) is 64.2 Å². The number of carbonyl (C=O) groups excluding carboxylic acids is 1. The predicted molar refractivity (Wildman–Crippen MR) is 90.3 cm³/mol. The van der Waals surface area contributed by atoms with Crippen LogP contribution in [0.1, 0.15) is 19.4 Å². The number of amides is 1. The Morgan fingerprint density at radius 3 is 2.39 bits per heavy atom. The van der Waals surface area contributed by atoms with Crippen molar-refractivity contribution in [1.29, 1.82) is 0 Å². The number of carbonyl (C=O) groups is 1. The maximum absolute atomic E-state index is 11.6. The minimum Gasteiger partial charge on any atom is -0.375 e. The highest BCUT2D eigenvalue weighted by Gasteiger charge is 2.11. The maximum atomic E-state index is 11.6. The second-order valence-corrected chi connectivity index (χ2v) is 5.47. The number of nitro groups is 1. The Morgan fingerprint density at radius 1 is 1.13 bits per heavy atom. The van der Waals surface area contributed by atoms with Crippen LogP contribution in [0.2, 0.25) is 0 Å². The molecular formula is C17H19N3O3. The van der Waals surface area contributed by atoms with E-state index in [4.69, 9.17) is 0 Å². The van der Waals surface area contributed by atoms with Crippen LogP contribution in [0.3, 0.4) is 0 Å². The van der Waals surface area contributed by atoms with Gasteiger partial charge in [-0.1, -0.05) is 38.1 Å². The van der Waals surface area contributed by atoms with Crippen LogP contribution in [0, 0.1) is 16.0 Å². The molecule has 6 nitrogen and oxygen atoms in total. The molecule has 0 fully saturated rings. The number of nitro benzene ring substituents is 1. The quantitative estimate of drug-likeness (QED) is 0.627. The monoisotopic (exact) mass is 313 g/mol. The standard InChI is InChI=1S/C17H19N3O3/c1-12(2)17(21)19-14-9-7-13(8-10-14)11-18-15-5-3-4-6-16(15)20(22)23/h3-10,12,18H,11H2,1-2H3,(H,19,21). The van der Waals surface area contributed by atoms with Crippen LogP contribution in [-0.4, -0.2) is 10.8 Å². The van der Waals surface area contributed by atoms with E-state index in [2.05, 4.69) is 10.6 Å².